The van der Waals surface area contributed by atoms with E-state index in [0.29, 0.717) is 13.0 Å². The Bertz CT molecular complexity index is 514. The van der Waals surface area contributed by atoms with Crippen molar-refractivity contribution in [1.82, 2.24) is 10.2 Å². The average molecular weight is 308 g/mol. The van der Waals surface area contributed by atoms with E-state index in [-0.39, 0.29) is 23.8 Å². The number of hydrogen-bond donors (Lipinski definition) is 1. The molecule has 0 saturated carbocycles. The minimum Gasteiger partial charge on any atom is -0.340 e. The van der Waals surface area contributed by atoms with Crippen LogP contribution in [0.15, 0.2) is 17.5 Å². The molecule has 0 bridgehead atoms. The van der Waals surface area contributed by atoms with Gasteiger partial charge in [-0.3, -0.25) is 9.59 Å². The SMILES string of the molecule is CCC(C)C1C(=O)NC(C)(CC)C(=O)N1Cc1cccs1. The smallest absolute Gasteiger partial charge is 0.249 e. The fourth-order valence-electron chi connectivity index (χ4n) is 2.75. The summed E-state index contributed by atoms with van der Waals surface area (Å²) in [6, 6.07) is 3.62. The summed E-state index contributed by atoms with van der Waals surface area (Å²) in [6.45, 7) is 8.37. The molecule has 1 aliphatic rings. The first kappa shape index (κ1) is 16.0. The molecule has 21 heavy (non-hydrogen) atoms. The summed E-state index contributed by atoms with van der Waals surface area (Å²) in [4.78, 5) is 28.3. The molecule has 0 aliphatic carbocycles. The molecule has 4 nitrogen and oxygen atoms in total. The first-order chi connectivity index (χ1) is 9.92. The molecule has 1 saturated heterocycles. The van der Waals surface area contributed by atoms with Gasteiger partial charge in [-0.25, -0.2) is 0 Å². The highest BCUT2D eigenvalue weighted by molar-refractivity contribution is 7.09. The second-order valence-corrected chi connectivity index (χ2v) is 7.05. The van der Waals surface area contributed by atoms with E-state index in [1.54, 1.807) is 16.2 Å². The van der Waals surface area contributed by atoms with E-state index in [0.717, 1.165) is 11.3 Å². The van der Waals surface area contributed by atoms with Crippen molar-refractivity contribution in [1.29, 1.82) is 0 Å². The second-order valence-electron chi connectivity index (χ2n) is 6.02. The monoisotopic (exact) mass is 308 g/mol. The summed E-state index contributed by atoms with van der Waals surface area (Å²) < 4.78 is 0. The van der Waals surface area contributed by atoms with E-state index >= 15 is 0 Å². The highest BCUT2D eigenvalue weighted by Gasteiger charge is 2.48. The molecule has 2 heterocycles. The lowest BCUT2D eigenvalue weighted by molar-refractivity contribution is -0.157. The predicted molar refractivity (Wildman–Crippen MR) is 85.0 cm³/mol. The van der Waals surface area contributed by atoms with Crippen LogP contribution in [0.2, 0.25) is 0 Å². The largest absolute Gasteiger partial charge is 0.340 e. The molecule has 0 aromatic carbocycles. The molecule has 0 radical (unpaired) electrons. The van der Waals surface area contributed by atoms with Crippen molar-refractivity contribution in [3.63, 3.8) is 0 Å². The number of hydrogen-bond acceptors (Lipinski definition) is 3. The van der Waals surface area contributed by atoms with E-state index in [1.807, 2.05) is 38.3 Å². The fraction of sp³-hybridized carbons (Fsp3) is 0.625. The molecule has 1 aliphatic heterocycles. The van der Waals surface area contributed by atoms with Crippen LogP contribution >= 0.6 is 11.3 Å². The molecular weight excluding hydrogens is 284 g/mol. The minimum atomic E-state index is -0.779. The number of rotatable bonds is 5. The number of thiophene rings is 1. The van der Waals surface area contributed by atoms with Crippen LogP contribution in [-0.2, 0) is 16.1 Å². The summed E-state index contributed by atoms with van der Waals surface area (Å²) in [5, 5.41) is 4.94. The van der Waals surface area contributed by atoms with Gasteiger partial charge in [0, 0.05) is 4.88 Å². The van der Waals surface area contributed by atoms with Gasteiger partial charge in [-0.2, -0.15) is 0 Å². The molecule has 0 spiro atoms. The van der Waals surface area contributed by atoms with Gasteiger partial charge in [0.2, 0.25) is 11.8 Å². The Hall–Kier alpha value is -1.36. The van der Waals surface area contributed by atoms with Crippen LogP contribution in [0.4, 0.5) is 0 Å². The van der Waals surface area contributed by atoms with Crippen LogP contribution in [0, 0.1) is 5.92 Å². The third-order valence-corrected chi connectivity index (χ3v) is 5.39. The van der Waals surface area contributed by atoms with Gasteiger partial charge in [0.1, 0.15) is 11.6 Å². The number of amides is 2. The van der Waals surface area contributed by atoms with Crippen molar-refractivity contribution in [2.45, 2.75) is 58.7 Å². The van der Waals surface area contributed by atoms with Crippen molar-refractivity contribution in [2.75, 3.05) is 0 Å². The van der Waals surface area contributed by atoms with E-state index < -0.39 is 5.54 Å². The first-order valence-electron chi connectivity index (χ1n) is 7.58. The number of carbonyl (C=O) groups excluding carboxylic acids is 2. The van der Waals surface area contributed by atoms with Crippen LogP contribution < -0.4 is 5.32 Å². The Kier molecular flexibility index (Phi) is 4.71. The van der Waals surface area contributed by atoms with E-state index in [9.17, 15) is 9.59 Å². The quantitative estimate of drug-likeness (QED) is 0.909. The topological polar surface area (TPSA) is 49.4 Å². The number of carbonyl (C=O) groups is 2. The van der Waals surface area contributed by atoms with Crippen molar-refractivity contribution in [3.05, 3.63) is 22.4 Å². The normalized spacial score (nSPS) is 27.6. The summed E-state index contributed by atoms with van der Waals surface area (Å²) in [5.74, 6) is 0.156. The molecule has 116 valence electrons. The van der Waals surface area contributed by atoms with Crippen molar-refractivity contribution < 1.29 is 9.59 Å². The van der Waals surface area contributed by atoms with Crippen LogP contribution in [0.1, 0.15) is 45.4 Å². The molecule has 1 fully saturated rings. The molecular formula is C16H24N2O2S. The molecule has 1 N–H and O–H groups in total. The van der Waals surface area contributed by atoms with Crippen LogP contribution in [-0.4, -0.2) is 28.3 Å². The lowest BCUT2D eigenvalue weighted by atomic mass is 9.87. The van der Waals surface area contributed by atoms with Crippen LogP contribution in [0.5, 0.6) is 0 Å². The maximum absolute atomic E-state index is 12.9. The average Bonchev–Trinajstić information content (AvgIpc) is 2.97. The van der Waals surface area contributed by atoms with Gasteiger partial charge < -0.3 is 10.2 Å². The maximum Gasteiger partial charge on any atom is 0.249 e. The van der Waals surface area contributed by atoms with Gasteiger partial charge in [0.25, 0.3) is 0 Å². The Balaban J connectivity index is 2.35. The Morgan fingerprint density at radius 3 is 2.67 bits per heavy atom. The predicted octanol–water partition coefficient (Wildman–Crippen LogP) is 2.79. The second kappa shape index (κ2) is 6.18. The van der Waals surface area contributed by atoms with Crippen molar-refractivity contribution in [3.8, 4) is 0 Å². The van der Waals surface area contributed by atoms with Crippen molar-refractivity contribution in [2.24, 2.45) is 5.92 Å². The molecule has 2 amide bonds. The zero-order valence-corrected chi connectivity index (χ0v) is 14.0. The lowest BCUT2D eigenvalue weighted by Crippen LogP contribution is -2.69. The maximum atomic E-state index is 12.9. The lowest BCUT2D eigenvalue weighted by Gasteiger charge is -2.45. The molecule has 5 heteroatoms. The highest BCUT2D eigenvalue weighted by Crippen LogP contribution is 2.28. The number of nitrogens with zero attached hydrogens (tertiary/aromatic N) is 1. The molecule has 3 unspecified atom stereocenters. The third kappa shape index (κ3) is 2.98. The fourth-order valence-corrected chi connectivity index (χ4v) is 3.46. The van der Waals surface area contributed by atoms with Gasteiger partial charge in [-0.1, -0.05) is 33.3 Å². The van der Waals surface area contributed by atoms with Crippen LogP contribution in [0.25, 0.3) is 0 Å². The Labute approximate surface area is 130 Å². The van der Waals surface area contributed by atoms with Gasteiger partial charge in [-0.15, -0.1) is 11.3 Å². The standard InChI is InChI=1S/C16H24N2O2S/c1-5-11(3)13-14(19)17-16(4,6-2)15(20)18(13)10-12-8-7-9-21-12/h7-9,11,13H,5-6,10H2,1-4H3,(H,17,19). The van der Waals surface area contributed by atoms with E-state index in [1.165, 1.54) is 0 Å². The summed E-state index contributed by atoms with van der Waals surface area (Å²) in [6.07, 6.45) is 1.47. The molecule has 1 aromatic heterocycles. The highest BCUT2D eigenvalue weighted by atomic mass is 32.1. The van der Waals surface area contributed by atoms with Crippen LogP contribution in [0.3, 0.4) is 0 Å². The Morgan fingerprint density at radius 1 is 1.43 bits per heavy atom. The van der Waals surface area contributed by atoms with E-state index in [2.05, 4.69) is 12.2 Å². The molecule has 2 rings (SSSR count). The van der Waals surface area contributed by atoms with Crippen molar-refractivity contribution >= 4 is 23.2 Å². The van der Waals surface area contributed by atoms with Gasteiger partial charge in [0.05, 0.1) is 6.54 Å². The summed E-state index contributed by atoms with van der Waals surface area (Å²) in [5.41, 5.74) is -0.779. The molecule has 3 atom stereocenters. The summed E-state index contributed by atoms with van der Waals surface area (Å²) >= 11 is 1.62. The van der Waals surface area contributed by atoms with E-state index in [4.69, 9.17) is 0 Å². The first-order valence-corrected chi connectivity index (χ1v) is 8.46. The number of nitrogens with one attached hydrogen (secondary N) is 1. The summed E-state index contributed by atoms with van der Waals surface area (Å²) in [7, 11) is 0. The zero-order valence-electron chi connectivity index (χ0n) is 13.2. The molecule has 1 aromatic rings. The van der Waals surface area contributed by atoms with Gasteiger partial charge >= 0.3 is 0 Å². The van der Waals surface area contributed by atoms with Gasteiger partial charge in [0.15, 0.2) is 0 Å². The third-order valence-electron chi connectivity index (χ3n) is 4.53. The van der Waals surface area contributed by atoms with Gasteiger partial charge in [-0.05, 0) is 30.7 Å². The number of piperazine rings is 1. The minimum absolute atomic E-state index is 0.0233. The zero-order chi connectivity index (χ0) is 15.6. The Morgan fingerprint density at radius 2 is 2.14 bits per heavy atom.